The monoisotopic (exact) mass is 473 g/mol. The zero-order valence-electron chi connectivity index (χ0n) is 17.2. The van der Waals surface area contributed by atoms with Crippen LogP contribution in [0.4, 0.5) is 11.4 Å². The summed E-state index contributed by atoms with van der Waals surface area (Å²) in [6.45, 7) is 4.53. The highest BCUT2D eigenvalue weighted by atomic mass is 35.5. The first-order chi connectivity index (χ1) is 14.9. The van der Waals surface area contributed by atoms with Gasteiger partial charge in [0.25, 0.3) is 5.91 Å². The van der Waals surface area contributed by atoms with E-state index in [1.807, 2.05) is 37.1 Å². The molecule has 160 valence electrons. The summed E-state index contributed by atoms with van der Waals surface area (Å²) in [5.41, 5.74) is 2.11. The van der Waals surface area contributed by atoms with Gasteiger partial charge in [-0.05, 0) is 68.1 Å². The van der Waals surface area contributed by atoms with E-state index < -0.39 is 0 Å². The lowest BCUT2D eigenvalue weighted by molar-refractivity contribution is -0.122. The minimum absolute atomic E-state index is 0.0670. The number of hydrogen-bond acceptors (Lipinski definition) is 7. The number of anilines is 1. The number of benzene rings is 2. The summed E-state index contributed by atoms with van der Waals surface area (Å²) in [6, 6.07) is 12.6. The molecule has 0 aromatic heterocycles. The van der Waals surface area contributed by atoms with Crippen LogP contribution in [0.2, 0.25) is 5.02 Å². The molecule has 0 saturated carbocycles. The van der Waals surface area contributed by atoms with Gasteiger partial charge in [-0.2, -0.15) is 0 Å². The molecule has 9 heteroatoms. The molecule has 6 nitrogen and oxygen atoms in total. The van der Waals surface area contributed by atoms with Crippen LogP contribution >= 0.6 is 35.1 Å². The van der Waals surface area contributed by atoms with Gasteiger partial charge in [-0.3, -0.25) is 9.69 Å². The van der Waals surface area contributed by atoms with E-state index in [1.165, 1.54) is 11.8 Å². The second-order valence-corrected chi connectivity index (χ2v) is 9.17. The van der Waals surface area contributed by atoms with Crippen molar-refractivity contribution in [3.05, 3.63) is 63.0 Å². The number of amidine groups is 1. The van der Waals surface area contributed by atoms with Crippen molar-refractivity contribution in [2.24, 2.45) is 4.99 Å². The molecule has 1 saturated heterocycles. The van der Waals surface area contributed by atoms with Gasteiger partial charge < -0.3 is 9.64 Å². The number of aliphatic imine (C=N–C) groups is 1. The smallest absolute Gasteiger partial charge is 0.338 e. The lowest BCUT2D eigenvalue weighted by Gasteiger charge is -2.15. The summed E-state index contributed by atoms with van der Waals surface area (Å²) in [6.07, 6.45) is 0. The van der Waals surface area contributed by atoms with Crippen molar-refractivity contribution < 1.29 is 14.3 Å². The molecule has 0 bridgehead atoms. The Balaban J connectivity index is 1.63. The van der Waals surface area contributed by atoms with E-state index in [4.69, 9.17) is 16.3 Å². The quantitative estimate of drug-likeness (QED) is 0.431. The molecule has 0 N–H and O–H groups in total. The predicted octanol–water partition coefficient (Wildman–Crippen LogP) is 5.51. The molecule has 0 aliphatic carbocycles. The molecule has 2 heterocycles. The molecule has 0 atom stereocenters. The normalized spacial score (nSPS) is 19.4. The highest BCUT2D eigenvalue weighted by Gasteiger charge is 2.38. The average molecular weight is 474 g/mol. The summed E-state index contributed by atoms with van der Waals surface area (Å²) in [5, 5.41) is 2.14. The van der Waals surface area contributed by atoms with Gasteiger partial charge in [0, 0.05) is 23.5 Å². The molecule has 2 aliphatic rings. The van der Waals surface area contributed by atoms with Gasteiger partial charge in [0.2, 0.25) is 0 Å². The molecular formula is C22H20ClN3O3S2. The van der Waals surface area contributed by atoms with E-state index in [0.29, 0.717) is 39.5 Å². The van der Waals surface area contributed by atoms with Crippen LogP contribution in [0, 0.1) is 0 Å². The summed E-state index contributed by atoms with van der Waals surface area (Å²) in [4.78, 5) is 35.0. The molecule has 2 aromatic rings. The predicted molar refractivity (Wildman–Crippen MR) is 127 cm³/mol. The van der Waals surface area contributed by atoms with Crippen molar-refractivity contribution in [1.82, 2.24) is 4.90 Å². The van der Waals surface area contributed by atoms with Crippen molar-refractivity contribution in [2.45, 2.75) is 18.7 Å². The van der Waals surface area contributed by atoms with Crippen molar-refractivity contribution in [2.75, 3.05) is 25.1 Å². The summed E-state index contributed by atoms with van der Waals surface area (Å²) >= 11 is 9.07. The van der Waals surface area contributed by atoms with Gasteiger partial charge in [0.05, 0.1) is 28.6 Å². The van der Waals surface area contributed by atoms with E-state index in [2.05, 4.69) is 4.99 Å². The van der Waals surface area contributed by atoms with Crippen LogP contribution in [0.15, 0.2) is 62.3 Å². The lowest BCUT2D eigenvalue weighted by atomic mass is 10.2. The Hall–Kier alpha value is -2.42. The maximum absolute atomic E-state index is 13.1. The summed E-state index contributed by atoms with van der Waals surface area (Å²) in [7, 11) is 1.94. The number of likely N-dealkylation sites (N-methyl/N-ethyl adjacent to an activating group) is 1. The molecule has 1 fully saturated rings. The van der Waals surface area contributed by atoms with Gasteiger partial charge in [0.15, 0.2) is 5.17 Å². The van der Waals surface area contributed by atoms with Crippen LogP contribution in [0.3, 0.4) is 0 Å². The fourth-order valence-electron chi connectivity index (χ4n) is 3.21. The van der Waals surface area contributed by atoms with Gasteiger partial charge in [-0.15, -0.1) is 0 Å². The molecule has 4 rings (SSSR count). The van der Waals surface area contributed by atoms with E-state index in [9.17, 15) is 9.59 Å². The van der Waals surface area contributed by atoms with Crippen LogP contribution in [-0.4, -0.2) is 42.1 Å². The second kappa shape index (κ2) is 8.98. The SMILES string of the molecule is CCOC(=O)c1ccc(N=C2S/C(=C3\Sc4ccc(Cl)cc4N3C)C(=O)N2CC)cc1. The maximum Gasteiger partial charge on any atom is 0.338 e. The Morgan fingerprint density at radius 1 is 1.13 bits per heavy atom. The number of carbonyl (C=O) groups is 2. The van der Waals surface area contributed by atoms with Gasteiger partial charge in [-0.1, -0.05) is 23.4 Å². The number of nitrogens with zero attached hydrogens (tertiary/aromatic N) is 3. The zero-order valence-corrected chi connectivity index (χ0v) is 19.6. The summed E-state index contributed by atoms with van der Waals surface area (Å²) in [5.74, 6) is -0.432. The first kappa shape index (κ1) is 21.8. The number of halogens is 1. The van der Waals surface area contributed by atoms with Crippen LogP contribution in [0.5, 0.6) is 0 Å². The average Bonchev–Trinajstić information content (AvgIpc) is 3.24. The number of carbonyl (C=O) groups excluding carboxylic acids is 2. The standard InChI is InChI=1S/C22H20ClN3O3S2/c1-4-26-19(27)18(20-25(3)16-12-14(23)8-11-17(16)30-20)31-22(26)24-15-9-6-13(7-10-15)21(28)29-5-2/h6-12H,4-5H2,1-3H3/b20-18-,24-22?. The number of thioether (sulfide) groups is 2. The Labute approximate surface area is 194 Å². The van der Waals surface area contributed by atoms with Crippen LogP contribution < -0.4 is 4.90 Å². The molecule has 0 radical (unpaired) electrons. The zero-order chi connectivity index (χ0) is 22.1. The molecule has 1 amide bonds. The number of fused-ring (bicyclic) bond motifs is 1. The van der Waals surface area contributed by atoms with Crippen molar-refractivity contribution in [3.8, 4) is 0 Å². The van der Waals surface area contributed by atoms with E-state index in [0.717, 1.165) is 15.6 Å². The number of amides is 1. The van der Waals surface area contributed by atoms with Crippen LogP contribution in [-0.2, 0) is 9.53 Å². The number of hydrogen-bond donors (Lipinski definition) is 0. The Morgan fingerprint density at radius 2 is 1.87 bits per heavy atom. The molecule has 0 unspecified atom stereocenters. The minimum Gasteiger partial charge on any atom is -0.462 e. The highest BCUT2D eigenvalue weighted by Crippen LogP contribution is 2.50. The second-order valence-electron chi connectivity index (χ2n) is 6.72. The van der Waals surface area contributed by atoms with E-state index in [-0.39, 0.29) is 11.9 Å². The van der Waals surface area contributed by atoms with E-state index in [1.54, 1.807) is 47.9 Å². The Morgan fingerprint density at radius 3 is 2.55 bits per heavy atom. The van der Waals surface area contributed by atoms with Crippen molar-refractivity contribution in [3.63, 3.8) is 0 Å². The third kappa shape index (κ3) is 4.20. The fourth-order valence-corrected chi connectivity index (χ4v) is 5.77. The van der Waals surface area contributed by atoms with Gasteiger partial charge in [-0.25, -0.2) is 9.79 Å². The molecule has 0 spiro atoms. The third-order valence-electron chi connectivity index (χ3n) is 4.77. The topological polar surface area (TPSA) is 62.2 Å². The maximum atomic E-state index is 13.1. The molecule has 31 heavy (non-hydrogen) atoms. The Kier molecular flexibility index (Phi) is 6.31. The number of ether oxygens (including phenoxy) is 1. The number of rotatable bonds is 4. The molecular weight excluding hydrogens is 454 g/mol. The van der Waals surface area contributed by atoms with Crippen LogP contribution in [0.25, 0.3) is 0 Å². The van der Waals surface area contributed by atoms with Crippen molar-refractivity contribution >= 4 is 63.5 Å². The van der Waals surface area contributed by atoms with Gasteiger partial charge in [0.1, 0.15) is 4.91 Å². The Bertz CT molecular complexity index is 1120. The largest absolute Gasteiger partial charge is 0.462 e. The molecule has 2 aliphatic heterocycles. The lowest BCUT2D eigenvalue weighted by Crippen LogP contribution is -2.29. The van der Waals surface area contributed by atoms with Crippen molar-refractivity contribution in [1.29, 1.82) is 0 Å². The summed E-state index contributed by atoms with van der Waals surface area (Å²) < 4.78 is 5.01. The fraction of sp³-hybridized carbons (Fsp3) is 0.227. The third-order valence-corrected chi connectivity index (χ3v) is 7.44. The highest BCUT2D eigenvalue weighted by molar-refractivity contribution is 8.19. The first-order valence-electron chi connectivity index (χ1n) is 9.74. The van der Waals surface area contributed by atoms with Crippen LogP contribution in [0.1, 0.15) is 24.2 Å². The first-order valence-corrected chi connectivity index (χ1v) is 11.7. The molecule has 2 aromatic carbocycles. The van der Waals surface area contributed by atoms with E-state index >= 15 is 0 Å². The van der Waals surface area contributed by atoms with Gasteiger partial charge >= 0.3 is 5.97 Å². The number of esters is 1. The minimum atomic E-state index is -0.365.